The molecule has 0 unspecified atom stereocenters. The number of para-hydroxylation sites is 3. The molecule has 0 atom stereocenters. The third-order valence-corrected chi connectivity index (χ3v) is 12.2. The lowest BCUT2D eigenvalue weighted by Crippen LogP contribution is -2.00. The fourth-order valence-electron chi connectivity index (χ4n) is 9.52. The van der Waals surface area contributed by atoms with Crippen molar-refractivity contribution in [1.29, 1.82) is 0 Å². The highest BCUT2D eigenvalue weighted by molar-refractivity contribution is 6.28. The van der Waals surface area contributed by atoms with E-state index in [1.807, 2.05) is 24.3 Å². The molecule has 4 heterocycles. The normalized spacial score (nSPS) is 12.2. The van der Waals surface area contributed by atoms with Crippen LogP contribution < -0.4 is 0 Å². The van der Waals surface area contributed by atoms with Crippen molar-refractivity contribution in [2.75, 3.05) is 0 Å². The molecule has 276 valence electrons. The average molecular weight is 757 g/mol. The van der Waals surface area contributed by atoms with Gasteiger partial charge in [0.15, 0.2) is 17.5 Å². The van der Waals surface area contributed by atoms with Gasteiger partial charge in [0.05, 0.1) is 5.56 Å². The fraction of sp³-hybridized carbons (Fsp3) is 0.0377. The standard InChI is InChI=1S/C53H32N4O2/c1-2-57-45-20-9-7-16-36(45)43-26-30(23-25-46(43)57)51-54-52(31-22-24-38-37-17-8-10-21-47(37)58-48(38)27-31)56-53(55-51)40-19-11-18-39-44-28-41-34-14-5-3-12-32(34)33-13-4-6-15-35(33)42(41)29-49(44)59-50(39)40/h3-29H,2H2,1H3. The molecule has 9 aromatic carbocycles. The number of furan rings is 2. The van der Waals surface area contributed by atoms with Crippen LogP contribution >= 0.6 is 0 Å². The highest BCUT2D eigenvalue weighted by atomic mass is 16.3. The lowest BCUT2D eigenvalue weighted by atomic mass is 9.93. The number of hydrogen-bond acceptors (Lipinski definition) is 5. The Bertz CT molecular complexity index is 3910. The van der Waals surface area contributed by atoms with Crippen molar-refractivity contribution in [2.24, 2.45) is 0 Å². The molecule has 0 bridgehead atoms. The number of hydrogen-bond donors (Lipinski definition) is 0. The van der Waals surface area contributed by atoms with Gasteiger partial charge in [-0.1, -0.05) is 103 Å². The zero-order valence-electron chi connectivity index (χ0n) is 31.9. The third kappa shape index (κ3) is 4.65. The van der Waals surface area contributed by atoms with E-state index in [1.165, 1.54) is 48.7 Å². The molecule has 6 nitrogen and oxygen atoms in total. The van der Waals surface area contributed by atoms with Crippen molar-refractivity contribution in [3.8, 4) is 34.2 Å². The summed E-state index contributed by atoms with van der Waals surface area (Å²) in [6.45, 7) is 3.06. The van der Waals surface area contributed by atoms with Crippen LogP contribution in [0.5, 0.6) is 0 Å². The van der Waals surface area contributed by atoms with Crippen LogP contribution in [0.2, 0.25) is 0 Å². The molecule has 0 spiro atoms. The molecule has 0 amide bonds. The highest BCUT2D eigenvalue weighted by Crippen LogP contribution is 2.42. The summed E-state index contributed by atoms with van der Waals surface area (Å²) in [4.78, 5) is 15.7. The number of aryl methyl sites for hydroxylation is 1. The molecular weight excluding hydrogens is 725 g/mol. The van der Waals surface area contributed by atoms with Gasteiger partial charge in [-0.3, -0.25) is 0 Å². The van der Waals surface area contributed by atoms with Crippen LogP contribution in [0, 0.1) is 0 Å². The molecule has 0 saturated heterocycles. The van der Waals surface area contributed by atoms with Gasteiger partial charge in [-0.05, 0) is 99.9 Å². The molecule has 0 fully saturated rings. The van der Waals surface area contributed by atoms with Gasteiger partial charge in [-0.2, -0.15) is 0 Å². The van der Waals surface area contributed by atoms with Gasteiger partial charge in [0.2, 0.25) is 0 Å². The van der Waals surface area contributed by atoms with Crippen LogP contribution in [0.3, 0.4) is 0 Å². The van der Waals surface area contributed by atoms with Crippen molar-refractivity contribution in [3.63, 3.8) is 0 Å². The Hall–Kier alpha value is -7.83. The maximum absolute atomic E-state index is 6.89. The second-order valence-electron chi connectivity index (χ2n) is 15.4. The monoisotopic (exact) mass is 756 g/mol. The molecule has 0 saturated carbocycles. The maximum atomic E-state index is 6.89. The van der Waals surface area contributed by atoms with Gasteiger partial charge in [0, 0.05) is 61.0 Å². The summed E-state index contributed by atoms with van der Waals surface area (Å²) in [5.41, 5.74) is 8.14. The number of aromatic nitrogens is 4. The summed E-state index contributed by atoms with van der Waals surface area (Å²) in [6.07, 6.45) is 0. The topological polar surface area (TPSA) is 69.9 Å². The second kappa shape index (κ2) is 12.1. The van der Waals surface area contributed by atoms with E-state index in [-0.39, 0.29) is 0 Å². The quantitative estimate of drug-likeness (QED) is 0.167. The first-order valence-electron chi connectivity index (χ1n) is 20.1. The van der Waals surface area contributed by atoms with Gasteiger partial charge in [0.25, 0.3) is 0 Å². The molecular formula is C53H32N4O2. The fourth-order valence-corrected chi connectivity index (χ4v) is 9.52. The molecule has 13 aromatic rings. The van der Waals surface area contributed by atoms with E-state index in [4.69, 9.17) is 23.8 Å². The molecule has 13 rings (SSSR count). The van der Waals surface area contributed by atoms with Crippen LogP contribution in [0.4, 0.5) is 0 Å². The van der Waals surface area contributed by atoms with E-state index in [2.05, 4.69) is 151 Å². The predicted octanol–water partition coefficient (Wildman–Crippen LogP) is 14.3. The summed E-state index contributed by atoms with van der Waals surface area (Å²) in [5, 5.41) is 13.8. The molecule has 4 aromatic heterocycles. The van der Waals surface area contributed by atoms with E-state index in [0.717, 1.165) is 72.5 Å². The molecule has 6 heteroatoms. The van der Waals surface area contributed by atoms with Gasteiger partial charge < -0.3 is 13.4 Å². The summed E-state index contributed by atoms with van der Waals surface area (Å²) in [5.74, 6) is 1.68. The lowest BCUT2D eigenvalue weighted by Gasteiger charge is -2.10. The van der Waals surface area contributed by atoms with Gasteiger partial charge in [-0.15, -0.1) is 0 Å². The molecule has 0 N–H and O–H groups in total. The summed E-state index contributed by atoms with van der Waals surface area (Å²) < 4.78 is 15.6. The first kappa shape index (κ1) is 32.3. The maximum Gasteiger partial charge on any atom is 0.167 e. The largest absolute Gasteiger partial charge is 0.456 e. The average Bonchev–Trinajstić information content (AvgIpc) is 3.97. The molecule has 0 aliphatic rings. The SMILES string of the molecule is CCn1c2ccccc2c2cc(-c3nc(-c4ccc5c(c4)oc4ccccc45)nc(-c4cccc5c4oc4cc6c7ccccc7c7ccccc7c6cc45)n3)ccc21. The summed E-state index contributed by atoms with van der Waals surface area (Å²) in [6, 6.07) is 57.5. The van der Waals surface area contributed by atoms with E-state index in [0.29, 0.717) is 17.5 Å². The van der Waals surface area contributed by atoms with Crippen molar-refractivity contribution in [1.82, 2.24) is 19.5 Å². The summed E-state index contributed by atoms with van der Waals surface area (Å²) in [7, 11) is 0. The zero-order valence-corrected chi connectivity index (χ0v) is 31.9. The van der Waals surface area contributed by atoms with Crippen LogP contribution in [0.15, 0.2) is 173 Å². The molecule has 0 aliphatic heterocycles. The zero-order chi connectivity index (χ0) is 38.8. The Kier molecular flexibility index (Phi) is 6.61. The Balaban J connectivity index is 1.06. The number of rotatable bonds is 4. The molecule has 59 heavy (non-hydrogen) atoms. The first-order chi connectivity index (χ1) is 29.2. The number of fused-ring (bicyclic) bond motifs is 15. The van der Waals surface area contributed by atoms with Gasteiger partial charge in [-0.25, -0.2) is 15.0 Å². The molecule has 0 aliphatic carbocycles. The van der Waals surface area contributed by atoms with Crippen LogP contribution in [0.25, 0.3) is 132 Å². The highest BCUT2D eigenvalue weighted by Gasteiger charge is 2.21. The van der Waals surface area contributed by atoms with E-state index < -0.39 is 0 Å². The van der Waals surface area contributed by atoms with Crippen LogP contribution in [-0.4, -0.2) is 19.5 Å². The minimum Gasteiger partial charge on any atom is -0.456 e. The third-order valence-electron chi connectivity index (χ3n) is 12.2. The second-order valence-corrected chi connectivity index (χ2v) is 15.4. The van der Waals surface area contributed by atoms with Gasteiger partial charge in [0.1, 0.15) is 22.3 Å². The first-order valence-corrected chi connectivity index (χ1v) is 20.1. The lowest BCUT2D eigenvalue weighted by molar-refractivity contribution is 0.668. The van der Waals surface area contributed by atoms with Crippen molar-refractivity contribution < 1.29 is 8.83 Å². The van der Waals surface area contributed by atoms with Crippen molar-refractivity contribution in [3.05, 3.63) is 164 Å². The minimum absolute atomic E-state index is 0.538. The Labute approximate surface area is 336 Å². The van der Waals surface area contributed by atoms with Crippen molar-refractivity contribution >= 4 is 98.0 Å². The van der Waals surface area contributed by atoms with E-state index >= 15 is 0 Å². The van der Waals surface area contributed by atoms with E-state index in [1.54, 1.807) is 0 Å². The van der Waals surface area contributed by atoms with Crippen LogP contribution in [-0.2, 0) is 6.54 Å². The Morgan fingerprint density at radius 2 is 0.932 bits per heavy atom. The Morgan fingerprint density at radius 3 is 1.69 bits per heavy atom. The Morgan fingerprint density at radius 1 is 0.373 bits per heavy atom. The minimum atomic E-state index is 0.538. The number of nitrogens with zero attached hydrogens (tertiary/aromatic N) is 4. The van der Waals surface area contributed by atoms with E-state index in [9.17, 15) is 0 Å². The number of benzene rings is 9. The van der Waals surface area contributed by atoms with Gasteiger partial charge >= 0.3 is 0 Å². The summed E-state index contributed by atoms with van der Waals surface area (Å²) >= 11 is 0. The smallest absolute Gasteiger partial charge is 0.167 e. The van der Waals surface area contributed by atoms with Crippen LogP contribution in [0.1, 0.15) is 6.92 Å². The van der Waals surface area contributed by atoms with Crippen molar-refractivity contribution in [2.45, 2.75) is 13.5 Å². The molecule has 0 radical (unpaired) electrons. The predicted molar refractivity (Wildman–Crippen MR) is 242 cm³/mol.